The molecule has 0 spiro atoms. The Morgan fingerprint density at radius 1 is 1.56 bits per heavy atom. The Balaban J connectivity index is 0. The zero-order valence-electron chi connectivity index (χ0n) is 6.13. The monoisotopic (exact) mass is 129 g/mol. The molecule has 0 radical (unpaired) electrons. The fourth-order valence-electron chi connectivity index (χ4n) is 0.0786. The largest absolute Gasteiger partial charge is 0.330 e. The number of rotatable bonds is 2. The van der Waals surface area contributed by atoms with Gasteiger partial charge in [0.15, 0.2) is 0 Å². The second kappa shape index (κ2) is 15.7. The van der Waals surface area contributed by atoms with Crippen molar-refractivity contribution in [3.05, 3.63) is 12.2 Å². The van der Waals surface area contributed by atoms with Crippen LogP contribution in [0.5, 0.6) is 0 Å². The van der Waals surface area contributed by atoms with Crippen LogP contribution in [-0.4, -0.2) is 12.8 Å². The van der Waals surface area contributed by atoms with E-state index >= 15 is 0 Å². The van der Waals surface area contributed by atoms with Gasteiger partial charge in [0.1, 0.15) is 6.29 Å². The minimum absolute atomic E-state index is 0.750. The second-order valence-corrected chi connectivity index (χ2v) is 1.45. The number of aldehydes is 1. The first kappa shape index (κ1) is 11.2. The minimum Gasteiger partial charge on any atom is -0.330 e. The summed E-state index contributed by atoms with van der Waals surface area (Å²) >= 11 is 0. The average molecular weight is 129 g/mol. The molecular weight excluding hydrogens is 114 g/mol. The Hall–Kier alpha value is -0.630. The van der Waals surface area contributed by atoms with Gasteiger partial charge in [0.25, 0.3) is 0 Å². The SMILES string of the molecule is CC=CC=O.CCCN. The van der Waals surface area contributed by atoms with E-state index in [2.05, 4.69) is 6.92 Å². The molecule has 54 valence electrons. The molecule has 0 aliphatic rings. The number of allylic oxidation sites excluding steroid dienone is 2. The number of carbonyl (C=O) groups is 1. The molecule has 0 atom stereocenters. The fraction of sp³-hybridized carbons (Fsp3) is 0.571. The zero-order valence-corrected chi connectivity index (χ0v) is 6.13. The molecular formula is C7H15NO. The summed E-state index contributed by atoms with van der Waals surface area (Å²) in [6, 6.07) is 0. The molecule has 0 aromatic carbocycles. The first-order chi connectivity index (χ1) is 4.33. The summed E-state index contributed by atoms with van der Waals surface area (Å²) in [6.45, 7) is 4.68. The number of hydrogen-bond acceptors (Lipinski definition) is 2. The normalized spacial score (nSPS) is 8.33. The predicted octanol–water partition coefficient (Wildman–Crippen LogP) is 1.12. The van der Waals surface area contributed by atoms with Gasteiger partial charge in [0.2, 0.25) is 0 Å². The summed E-state index contributed by atoms with van der Waals surface area (Å²) in [6.07, 6.45) is 4.98. The summed E-state index contributed by atoms with van der Waals surface area (Å²) in [7, 11) is 0. The van der Waals surface area contributed by atoms with Crippen LogP contribution in [0, 0.1) is 0 Å². The van der Waals surface area contributed by atoms with Gasteiger partial charge in [-0.05, 0) is 26.0 Å². The lowest BCUT2D eigenvalue weighted by Crippen LogP contribution is -1.93. The molecule has 0 fully saturated rings. The van der Waals surface area contributed by atoms with E-state index in [1.165, 1.54) is 6.08 Å². The van der Waals surface area contributed by atoms with E-state index < -0.39 is 0 Å². The maximum Gasteiger partial charge on any atom is 0.142 e. The van der Waals surface area contributed by atoms with Crippen molar-refractivity contribution in [2.75, 3.05) is 6.54 Å². The van der Waals surface area contributed by atoms with E-state index in [0.29, 0.717) is 0 Å². The number of carbonyl (C=O) groups excluding carboxylic acids is 1. The Bertz CT molecular complexity index is 67.3. The van der Waals surface area contributed by atoms with E-state index in [-0.39, 0.29) is 0 Å². The molecule has 0 bridgehead atoms. The Morgan fingerprint density at radius 3 is 2.00 bits per heavy atom. The van der Waals surface area contributed by atoms with E-state index in [9.17, 15) is 4.79 Å². The van der Waals surface area contributed by atoms with Gasteiger partial charge in [-0.25, -0.2) is 0 Å². The average Bonchev–Trinajstić information content (AvgIpc) is 1.91. The van der Waals surface area contributed by atoms with Crippen LogP contribution in [0.15, 0.2) is 12.2 Å². The molecule has 0 aliphatic carbocycles. The van der Waals surface area contributed by atoms with Crippen LogP contribution in [0.25, 0.3) is 0 Å². The van der Waals surface area contributed by atoms with Crippen LogP contribution in [0.1, 0.15) is 20.3 Å². The molecule has 0 aromatic rings. The number of nitrogens with two attached hydrogens (primary N) is 1. The van der Waals surface area contributed by atoms with Gasteiger partial charge in [0, 0.05) is 0 Å². The van der Waals surface area contributed by atoms with Crippen LogP contribution >= 0.6 is 0 Å². The van der Waals surface area contributed by atoms with Crippen LogP contribution in [0.3, 0.4) is 0 Å². The van der Waals surface area contributed by atoms with Gasteiger partial charge in [-0.2, -0.15) is 0 Å². The Labute approximate surface area is 56.7 Å². The lowest BCUT2D eigenvalue weighted by molar-refractivity contribution is -0.104. The molecule has 9 heavy (non-hydrogen) atoms. The highest BCUT2D eigenvalue weighted by Gasteiger charge is 1.55. The molecule has 0 saturated carbocycles. The topological polar surface area (TPSA) is 43.1 Å². The lowest BCUT2D eigenvalue weighted by atomic mass is 10.5. The highest BCUT2D eigenvalue weighted by molar-refractivity contribution is 5.64. The van der Waals surface area contributed by atoms with E-state index in [1.807, 2.05) is 0 Å². The molecule has 0 saturated heterocycles. The van der Waals surface area contributed by atoms with Crippen molar-refractivity contribution in [3.8, 4) is 0 Å². The molecule has 0 rings (SSSR count). The standard InChI is InChI=1S/C4H6O.C3H9N/c1-2-3-4-5;1-2-3-4/h2-4H,1H3;2-4H2,1H3. The van der Waals surface area contributed by atoms with Crippen LogP contribution < -0.4 is 5.73 Å². The van der Waals surface area contributed by atoms with Crippen molar-refractivity contribution in [3.63, 3.8) is 0 Å². The zero-order chi connectivity index (χ0) is 7.54. The number of hydrogen-bond donors (Lipinski definition) is 1. The van der Waals surface area contributed by atoms with E-state index in [4.69, 9.17) is 5.73 Å². The second-order valence-electron chi connectivity index (χ2n) is 1.45. The van der Waals surface area contributed by atoms with Crippen molar-refractivity contribution in [2.45, 2.75) is 20.3 Å². The predicted molar refractivity (Wildman–Crippen MR) is 40.2 cm³/mol. The molecule has 0 unspecified atom stereocenters. The third kappa shape index (κ3) is 37.8. The molecule has 0 heterocycles. The molecule has 2 nitrogen and oxygen atoms in total. The first-order valence-electron chi connectivity index (χ1n) is 3.10. The smallest absolute Gasteiger partial charge is 0.142 e. The quantitative estimate of drug-likeness (QED) is 0.448. The van der Waals surface area contributed by atoms with Crippen LogP contribution in [-0.2, 0) is 4.79 Å². The summed E-state index contributed by atoms with van der Waals surface area (Å²) < 4.78 is 0. The van der Waals surface area contributed by atoms with Gasteiger partial charge in [-0.15, -0.1) is 0 Å². The van der Waals surface area contributed by atoms with E-state index in [0.717, 1.165) is 19.3 Å². The highest BCUT2D eigenvalue weighted by atomic mass is 16.1. The maximum atomic E-state index is 9.32. The summed E-state index contributed by atoms with van der Waals surface area (Å²) in [4.78, 5) is 9.32. The molecule has 0 amide bonds. The van der Waals surface area contributed by atoms with Crippen molar-refractivity contribution in [1.82, 2.24) is 0 Å². The van der Waals surface area contributed by atoms with Crippen molar-refractivity contribution in [2.24, 2.45) is 5.73 Å². The third-order valence-corrected chi connectivity index (χ3v) is 0.560. The molecule has 0 aliphatic heterocycles. The van der Waals surface area contributed by atoms with Crippen LogP contribution in [0.2, 0.25) is 0 Å². The maximum absolute atomic E-state index is 9.32. The highest BCUT2D eigenvalue weighted by Crippen LogP contribution is 1.57. The first-order valence-corrected chi connectivity index (χ1v) is 3.10. The van der Waals surface area contributed by atoms with Crippen molar-refractivity contribution >= 4 is 6.29 Å². The summed E-state index contributed by atoms with van der Waals surface area (Å²) in [5.74, 6) is 0. The Kier molecular flexibility index (Phi) is 19.5. The Morgan fingerprint density at radius 2 is 2.00 bits per heavy atom. The fourth-order valence-corrected chi connectivity index (χ4v) is 0.0786. The summed E-state index contributed by atoms with van der Waals surface area (Å²) in [5, 5.41) is 0. The van der Waals surface area contributed by atoms with Gasteiger partial charge in [-0.1, -0.05) is 13.0 Å². The van der Waals surface area contributed by atoms with Crippen molar-refractivity contribution < 1.29 is 4.79 Å². The van der Waals surface area contributed by atoms with E-state index in [1.54, 1.807) is 13.0 Å². The van der Waals surface area contributed by atoms with Crippen molar-refractivity contribution in [1.29, 1.82) is 0 Å². The van der Waals surface area contributed by atoms with Gasteiger partial charge in [0.05, 0.1) is 0 Å². The molecule has 0 aromatic heterocycles. The van der Waals surface area contributed by atoms with Gasteiger partial charge >= 0.3 is 0 Å². The third-order valence-electron chi connectivity index (χ3n) is 0.560. The minimum atomic E-state index is 0.750. The van der Waals surface area contributed by atoms with Gasteiger partial charge in [-0.3, -0.25) is 4.79 Å². The molecule has 2 N–H and O–H groups in total. The van der Waals surface area contributed by atoms with Gasteiger partial charge < -0.3 is 5.73 Å². The summed E-state index contributed by atoms with van der Waals surface area (Å²) in [5.41, 5.74) is 5.03. The van der Waals surface area contributed by atoms with Crippen LogP contribution in [0.4, 0.5) is 0 Å². The molecule has 2 heteroatoms. The lowest BCUT2D eigenvalue weighted by Gasteiger charge is -1.70.